The summed E-state index contributed by atoms with van der Waals surface area (Å²) in [6.07, 6.45) is 0. The molecule has 0 aliphatic carbocycles. The molecule has 88 valence electrons. The molecule has 2 aromatic carbocycles. The molecule has 0 heterocycles. The summed E-state index contributed by atoms with van der Waals surface area (Å²) in [5.41, 5.74) is 0.0123. The van der Waals surface area contributed by atoms with Crippen molar-refractivity contribution in [2.24, 2.45) is 0 Å². The summed E-state index contributed by atoms with van der Waals surface area (Å²) in [5, 5.41) is 12.1. The number of nitro groups is 1. The highest BCUT2D eigenvalue weighted by molar-refractivity contribution is 5.99. The van der Waals surface area contributed by atoms with Gasteiger partial charge >= 0.3 is 0 Å². The average molecular weight is 233 g/mol. The molecule has 0 spiro atoms. The fourth-order valence-electron chi connectivity index (χ4n) is 1.83. The Morgan fingerprint density at radius 1 is 1.06 bits per heavy atom. The third-order valence-electron chi connectivity index (χ3n) is 2.58. The number of hydrogen-bond acceptors (Lipinski definition) is 4. The Bertz CT molecular complexity index is 580. The first-order chi connectivity index (χ1) is 8.19. The first-order valence-corrected chi connectivity index (χ1v) is 4.97. The Hall–Kier alpha value is -2.30. The Balaban J connectivity index is 2.90. The molecule has 17 heavy (non-hydrogen) atoms. The van der Waals surface area contributed by atoms with Crippen LogP contribution in [0, 0.1) is 10.1 Å². The number of fused-ring (bicyclic) bond motifs is 1. The van der Waals surface area contributed by atoms with Crippen molar-refractivity contribution in [1.29, 1.82) is 0 Å². The lowest BCUT2D eigenvalue weighted by atomic mass is 10.1. The number of non-ortho nitro benzene ring substituents is 1. The lowest BCUT2D eigenvalue weighted by molar-refractivity contribution is -0.383. The Morgan fingerprint density at radius 3 is 2.35 bits per heavy atom. The molecule has 2 rings (SSSR count). The molecule has 0 atom stereocenters. The molecule has 0 bridgehead atoms. The topological polar surface area (TPSA) is 61.6 Å². The molecule has 0 amide bonds. The van der Waals surface area contributed by atoms with Crippen LogP contribution in [-0.2, 0) is 0 Å². The highest BCUT2D eigenvalue weighted by atomic mass is 16.6. The van der Waals surface area contributed by atoms with Crippen LogP contribution in [0.5, 0.6) is 11.5 Å². The molecule has 5 heteroatoms. The summed E-state index contributed by atoms with van der Waals surface area (Å²) in [7, 11) is 3.01. The predicted octanol–water partition coefficient (Wildman–Crippen LogP) is 2.77. The van der Waals surface area contributed by atoms with Crippen LogP contribution in [0.3, 0.4) is 0 Å². The van der Waals surface area contributed by atoms with Crippen molar-refractivity contribution in [3.63, 3.8) is 0 Å². The van der Waals surface area contributed by atoms with E-state index in [0.29, 0.717) is 22.3 Å². The van der Waals surface area contributed by atoms with E-state index in [4.69, 9.17) is 9.47 Å². The minimum absolute atomic E-state index is 0.0123. The van der Waals surface area contributed by atoms with Crippen molar-refractivity contribution in [1.82, 2.24) is 0 Å². The van der Waals surface area contributed by atoms with Crippen molar-refractivity contribution in [2.75, 3.05) is 14.2 Å². The van der Waals surface area contributed by atoms with Gasteiger partial charge in [0.15, 0.2) is 0 Å². The first-order valence-electron chi connectivity index (χ1n) is 4.97. The van der Waals surface area contributed by atoms with Crippen molar-refractivity contribution >= 4 is 16.5 Å². The number of rotatable bonds is 3. The Morgan fingerprint density at radius 2 is 1.76 bits per heavy atom. The molecule has 0 N–H and O–H groups in total. The van der Waals surface area contributed by atoms with Gasteiger partial charge in [-0.25, -0.2) is 0 Å². The summed E-state index contributed by atoms with van der Waals surface area (Å²) < 4.78 is 10.3. The van der Waals surface area contributed by atoms with Crippen LogP contribution in [0.15, 0.2) is 30.3 Å². The van der Waals surface area contributed by atoms with Gasteiger partial charge in [-0.3, -0.25) is 10.1 Å². The quantitative estimate of drug-likeness (QED) is 0.604. The molecular formula is C12H11NO4. The molecule has 0 fully saturated rings. The van der Waals surface area contributed by atoms with E-state index < -0.39 is 4.92 Å². The van der Waals surface area contributed by atoms with Gasteiger partial charge in [0.2, 0.25) is 0 Å². The zero-order valence-electron chi connectivity index (χ0n) is 9.47. The number of ether oxygens (including phenoxy) is 2. The van der Waals surface area contributed by atoms with Gasteiger partial charge in [-0.1, -0.05) is 12.1 Å². The fraction of sp³-hybridized carbons (Fsp3) is 0.167. The maximum Gasteiger partial charge on any atom is 0.281 e. The third kappa shape index (κ3) is 1.75. The monoisotopic (exact) mass is 233 g/mol. The van der Waals surface area contributed by atoms with Gasteiger partial charge < -0.3 is 9.47 Å². The van der Waals surface area contributed by atoms with Gasteiger partial charge in [-0.2, -0.15) is 0 Å². The Kier molecular flexibility index (Phi) is 2.82. The van der Waals surface area contributed by atoms with Crippen LogP contribution in [-0.4, -0.2) is 19.1 Å². The van der Waals surface area contributed by atoms with Gasteiger partial charge in [-0.05, 0) is 12.1 Å². The lowest BCUT2D eigenvalue weighted by Gasteiger charge is -2.09. The molecule has 0 radical (unpaired) electrons. The van der Waals surface area contributed by atoms with Crippen LogP contribution in [0.2, 0.25) is 0 Å². The van der Waals surface area contributed by atoms with E-state index in [2.05, 4.69) is 0 Å². The predicted molar refractivity (Wildman–Crippen MR) is 63.7 cm³/mol. The molecule has 5 nitrogen and oxygen atoms in total. The molecule has 0 saturated carbocycles. The Labute approximate surface area is 97.7 Å². The van der Waals surface area contributed by atoms with E-state index in [-0.39, 0.29) is 5.69 Å². The van der Waals surface area contributed by atoms with E-state index in [1.165, 1.54) is 20.3 Å². The molecular weight excluding hydrogens is 222 g/mol. The average Bonchev–Trinajstić information content (AvgIpc) is 2.36. The normalized spacial score (nSPS) is 10.2. The summed E-state index contributed by atoms with van der Waals surface area (Å²) in [6, 6.07) is 8.23. The number of nitrogens with zero attached hydrogens (tertiary/aromatic N) is 1. The zero-order chi connectivity index (χ0) is 12.4. The maximum atomic E-state index is 11.0. The van der Waals surface area contributed by atoms with Gasteiger partial charge in [-0.15, -0.1) is 0 Å². The molecule has 0 aliphatic heterocycles. The summed E-state index contributed by atoms with van der Waals surface area (Å²) >= 11 is 0. The number of nitro benzene ring substituents is 1. The van der Waals surface area contributed by atoms with Crippen molar-refractivity contribution in [3.8, 4) is 11.5 Å². The van der Waals surface area contributed by atoms with Crippen LogP contribution >= 0.6 is 0 Å². The standard InChI is InChI=1S/C12H11NO4/c1-16-10-7-6-9(13(14)15)12-8(10)4-3-5-11(12)17-2/h3-7H,1-2H3. The second-order valence-corrected chi connectivity index (χ2v) is 3.43. The second-order valence-electron chi connectivity index (χ2n) is 3.43. The van der Waals surface area contributed by atoms with Crippen LogP contribution in [0.4, 0.5) is 5.69 Å². The number of benzene rings is 2. The highest BCUT2D eigenvalue weighted by Crippen LogP contribution is 2.38. The highest BCUT2D eigenvalue weighted by Gasteiger charge is 2.18. The van der Waals surface area contributed by atoms with Gasteiger partial charge in [0, 0.05) is 11.5 Å². The smallest absolute Gasteiger partial charge is 0.281 e. The summed E-state index contributed by atoms with van der Waals surface area (Å²) in [5.74, 6) is 1.05. The zero-order valence-corrected chi connectivity index (χ0v) is 9.47. The largest absolute Gasteiger partial charge is 0.496 e. The van der Waals surface area contributed by atoms with E-state index >= 15 is 0 Å². The molecule has 0 aliphatic rings. The van der Waals surface area contributed by atoms with Crippen molar-refractivity contribution < 1.29 is 14.4 Å². The lowest BCUT2D eigenvalue weighted by Crippen LogP contribution is -1.94. The minimum Gasteiger partial charge on any atom is -0.496 e. The summed E-state index contributed by atoms with van der Waals surface area (Å²) in [4.78, 5) is 10.6. The fourth-order valence-corrected chi connectivity index (χ4v) is 1.83. The first kappa shape index (κ1) is 11.2. The van der Waals surface area contributed by atoms with Crippen LogP contribution < -0.4 is 9.47 Å². The summed E-state index contributed by atoms with van der Waals surface area (Å²) in [6.45, 7) is 0. The van der Waals surface area contributed by atoms with Gasteiger partial charge in [0.05, 0.1) is 19.1 Å². The van der Waals surface area contributed by atoms with Crippen molar-refractivity contribution in [2.45, 2.75) is 0 Å². The van der Waals surface area contributed by atoms with Gasteiger partial charge in [0.1, 0.15) is 16.9 Å². The van der Waals surface area contributed by atoms with Crippen molar-refractivity contribution in [3.05, 3.63) is 40.4 Å². The molecule has 2 aromatic rings. The van der Waals surface area contributed by atoms with E-state index in [9.17, 15) is 10.1 Å². The molecule has 0 aromatic heterocycles. The third-order valence-corrected chi connectivity index (χ3v) is 2.58. The van der Waals surface area contributed by atoms with Crippen LogP contribution in [0.1, 0.15) is 0 Å². The van der Waals surface area contributed by atoms with E-state index in [1.54, 1.807) is 24.3 Å². The SMILES string of the molecule is COc1ccc([N+](=O)[O-])c2c(OC)cccc12. The molecule has 0 unspecified atom stereocenters. The number of hydrogen-bond donors (Lipinski definition) is 0. The maximum absolute atomic E-state index is 11.0. The van der Waals surface area contributed by atoms with E-state index in [1.807, 2.05) is 0 Å². The number of methoxy groups -OCH3 is 2. The second kappa shape index (κ2) is 4.29. The molecule has 0 saturated heterocycles. The van der Waals surface area contributed by atoms with E-state index in [0.717, 1.165) is 0 Å². The van der Waals surface area contributed by atoms with Crippen LogP contribution in [0.25, 0.3) is 10.8 Å². The minimum atomic E-state index is -0.426. The van der Waals surface area contributed by atoms with Gasteiger partial charge in [0.25, 0.3) is 5.69 Å².